The van der Waals surface area contributed by atoms with E-state index in [0.717, 1.165) is 35.6 Å². The largest absolute Gasteiger partial charge is 0.495 e. The van der Waals surface area contributed by atoms with Gasteiger partial charge >= 0.3 is 0 Å². The van der Waals surface area contributed by atoms with Gasteiger partial charge in [-0.1, -0.05) is 31.2 Å². The van der Waals surface area contributed by atoms with E-state index in [-0.39, 0.29) is 11.8 Å². The Morgan fingerprint density at radius 3 is 2.69 bits per heavy atom. The molecule has 0 aliphatic carbocycles. The van der Waals surface area contributed by atoms with Crippen LogP contribution < -0.4 is 15.4 Å². The zero-order valence-corrected chi connectivity index (χ0v) is 14.9. The van der Waals surface area contributed by atoms with Crippen LogP contribution in [0.3, 0.4) is 0 Å². The Morgan fingerprint density at radius 1 is 1.23 bits per heavy atom. The van der Waals surface area contributed by atoms with E-state index in [0.29, 0.717) is 11.9 Å². The lowest BCUT2D eigenvalue weighted by molar-refractivity contribution is -0.121. The normalized spacial score (nSPS) is 15.5. The van der Waals surface area contributed by atoms with Gasteiger partial charge in [0.1, 0.15) is 5.75 Å². The van der Waals surface area contributed by atoms with Crippen LogP contribution in [-0.4, -0.2) is 35.7 Å². The van der Waals surface area contributed by atoms with Crippen LogP contribution in [0.4, 0.5) is 5.95 Å². The lowest BCUT2D eigenvalue weighted by Gasteiger charge is -2.31. The Balaban J connectivity index is 1.78. The molecule has 1 aliphatic rings. The molecule has 3 aromatic rings. The quantitative estimate of drug-likeness (QED) is 0.742. The Morgan fingerprint density at radius 2 is 1.96 bits per heavy atom. The van der Waals surface area contributed by atoms with Crippen molar-refractivity contribution in [1.29, 1.82) is 0 Å². The zero-order chi connectivity index (χ0) is 18.1. The second-order valence-corrected chi connectivity index (χ2v) is 6.63. The number of rotatable bonds is 5. The van der Waals surface area contributed by atoms with Crippen molar-refractivity contribution in [2.75, 3.05) is 25.5 Å². The van der Waals surface area contributed by atoms with Crippen LogP contribution in [0.5, 0.6) is 5.75 Å². The number of benzene rings is 2. The van der Waals surface area contributed by atoms with Gasteiger partial charge in [0.05, 0.1) is 23.8 Å². The van der Waals surface area contributed by atoms with Gasteiger partial charge < -0.3 is 10.1 Å². The molecule has 6 heteroatoms. The Hall–Kier alpha value is -2.86. The fourth-order valence-electron chi connectivity index (χ4n) is 3.27. The second-order valence-electron chi connectivity index (χ2n) is 6.63. The minimum atomic E-state index is -0.0674. The van der Waals surface area contributed by atoms with Gasteiger partial charge in [0.25, 0.3) is 0 Å². The minimum absolute atomic E-state index is 0.0112. The highest BCUT2D eigenvalue weighted by atomic mass is 16.5. The van der Waals surface area contributed by atoms with Crippen molar-refractivity contribution < 1.29 is 9.53 Å². The summed E-state index contributed by atoms with van der Waals surface area (Å²) >= 11 is 0. The lowest BCUT2D eigenvalue weighted by atomic mass is 9.88. The number of aromatic nitrogens is 2. The summed E-state index contributed by atoms with van der Waals surface area (Å²) in [5.41, 5.74) is 2.59. The van der Waals surface area contributed by atoms with Gasteiger partial charge in [0, 0.05) is 5.92 Å². The molecule has 1 fully saturated rings. The maximum atomic E-state index is 12.7. The van der Waals surface area contributed by atoms with Gasteiger partial charge in [0.2, 0.25) is 11.9 Å². The van der Waals surface area contributed by atoms with E-state index in [1.807, 2.05) is 60.0 Å². The number of hydrogen-bond donors (Lipinski definition) is 2. The van der Waals surface area contributed by atoms with Crippen molar-refractivity contribution in [3.63, 3.8) is 0 Å². The zero-order valence-electron chi connectivity index (χ0n) is 14.9. The van der Waals surface area contributed by atoms with Crippen molar-refractivity contribution >= 4 is 22.9 Å². The fraction of sp³-hybridized carbons (Fsp3) is 0.300. The SMILES string of the molecule is COc1ccccc1-n1c(NC(=O)C(C)C2CNC2)nc2ccccc21. The summed E-state index contributed by atoms with van der Waals surface area (Å²) in [4.78, 5) is 17.4. The number of carbonyl (C=O) groups excluding carboxylic acids is 1. The molecule has 1 amide bonds. The molecule has 6 nitrogen and oxygen atoms in total. The van der Waals surface area contributed by atoms with E-state index in [4.69, 9.17) is 4.74 Å². The maximum absolute atomic E-state index is 12.7. The van der Waals surface area contributed by atoms with Gasteiger partial charge in [-0.15, -0.1) is 0 Å². The number of fused-ring (bicyclic) bond motifs is 1. The molecule has 26 heavy (non-hydrogen) atoms. The third-order valence-electron chi connectivity index (χ3n) is 5.06. The lowest BCUT2D eigenvalue weighted by Crippen LogP contribution is -2.48. The van der Waals surface area contributed by atoms with E-state index >= 15 is 0 Å². The molecule has 1 aliphatic heterocycles. The molecule has 2 aromatic carbocycles. The average molecular weight is 350 g/mol. The third kappa shape index (κ3) is 2.82. The summed E-state index contributed by atoms with van der Waals surface area (Å²) in [6, 6.07) is 15.6. The van der Waals surface area contributed by atoms with Crippen molar-refractivity contribution in [1.82, 2.24) is 14.9 Å². The van der Waals surface area contributed by atoms with Crippen molar-refractivity contribution in [3.05, 3.63) is 48.5 Å². The molecule has 0 radical (unpaired) electrons. The van der Waals surface area contributed by atoms with Crippen LogP contribution in [0, 0.1) is 11.8 Å². The summed E-state index contributed by atoms with van der Waals surface area (Å²) in [6.07, 6.45) is 0. The topological polar surface area (TPSA) is 68.2 Å². The van der Waals surface area contributed by atoms with E-state index in [2.05, 4.69) is 15.6 Å². The molecule has 134 valence electrons. The smallest absolute Gasteiger partial charge is 0.229 e. The van der Waals surface area contributed by atoms with E-state index in [1.54, 1.807) is 7.11 Å². The summed E-state index contributed by atoms with van der Waals surface area (Å²) in [5, 5.41) is 6.25. The maximum Gasteiger partial charge on any atom is 0.229 e. The van der Waals surface area contributed by atoms with Crippen molar-refractivity contribution in [2.24, 2.45) is 11.8 Å². The predicted molar refractivity (Wildman–Crippen MR) is 102 cm³/mol. The van der Waals surface area contributed by atoms with Crippen LogP contribution in [0.1, 0.15) is 6.92 Å². The second kappa shape index (κ2) is 6.80. The molecule has 1 unspecified atom stereocenters. The molecule has 0 bridgehead atoms. The van der Waals surface area contributed by atoms with Gasteiger partial charge in [-0.2, -0.15) is 0 Å². The molecule has 1 saturated heterocycles. The van der Waals surface area contributed by atoms with Crippen LogP contribution in [0.25, 0.3) is 16.7 Å². The summed E-state index contributed by atoms with van der Waals surface area (Å²) in [5.74, 6) is 1.53. The van der Waals surface area contributed by atoms with Gasteiger partial charge in [0.15, 0.2) is 0 Å². The standard InChI is InChI=1S/C20H22N4O2/c1-13(14-11-21-12-14)19(25)23-20-22-15-7-3-4-8-16(15)24(20)17-9-5-6-10-18(17)26-2/h3-10,13-14,21H,11-12H2,1-2H3,(H,22,23,25). The highest BCUT2D eigenvalue weighted by Crippen LogP contribution is 2.31. The van der Waals surface area contributed by atoms with E-state index in [9.17, 15) is 4.79 Å². The number of nitrogens with zero attached hydrogens (tertiary/aromatic N) is 2. The molecule has 0 saturated carbocycles. The van der Waals surface area contributed by atoms with Crippen LogP contribution in [0.2, 0.25) is 0 Å². The first kappa shape index (κ1) is 16.6. The number of methoxy groups -OCH3 is 1. The molecule has 2 N–H and O–H groups in total. The number of hydrogen-bond acceptors (Lipinski definition) is 4. The number of nitrogens with one attached hydrogen (secondary N) is 2. The number of imidazole rings is 1. The van der Waals surface area contributed by atoms with Crippen LogP contribution in [0.15, 0.2) is 48.5 Å². The predicted octanol–water partition coefficient (Wildman–Crippen LogP) is 2.83. The van der Waals surface area contributed by atoms with Gasteiger partial charge in [-0.3, -0.25) is 14.7 Å². The summed E-state index contributed by atoms with van der Waals surface area (Å²) in [7, 11) is 1.64. The van der Waals surface area contributed by atoms with Gasteiger partial charge in [-0.25, -0.2) is 4.98 Å². The number of carbonyl (C=O) groups is 1. The summed E-state index contributed by atoms with van der Waals surface area (Å²) in [6.45, 7) is 3.74. The third-order valence-corrected chi connectivity index (χ3v) is 5.06. The first-order valence-electron chi connectivity index (χ1n) is 8.81. The Labute approximate surface area is 152 Å². The molecular formula is C20H22N4O2. The number of anilines is 1. The van der Waals surface area contributed by atoms with E-state index in [1.165, 1.54) is 0 Å². The van der Waals surface area contributed by atoms with Crippen molar-refractivity contribution in [3.8, 4) is 11.4 Å². The van der Waals surface area contributed by atoms with Crippen molar-refractivity contribution in [2.45, 2.75) is 6.92 Å². The average Bonchev–Trinajstić information content (AvgIpc) is 2.97. The van der Waals surface area contributed by atoms with E-state index < -0.39 is 0 Å². The highest BCUT2D eigenvalue weighted by Gasteiger charge is 2.29. The molecular weight excluding hydrogens is 328 g/mol. The van der Waals surface area contributed by atoms with Crippen LogP contribution >= 0.6 is 0 Å². The summed E-state index contributed by atoms with van der Waals surface area (Å²) < 4.78 is 7.46. The van der Waals surface area contributed by atoms with Gasteiger partial charge in [-0.05, 0) is 43.3 Å². The number of para-hydroxylation sites is 4. The first-order chi connectivity index (χ1) is 12.7. The number of amides is 1. The molecule has 0 spiro atoms. The molecule has 2 heterocycles. The highest BCUT2D eigenvalue weighted by molar-refractivity contribution is 5.94. The number of ether oxygens (including phenoxy) is 1. The Bertz CT molecular complexity index is 946. The fourth-order valence-corrected chi connectivity index (χ4v) is 3.27. The minimum Gasteiger partial charge on any atom is -0.495 e. The molecule has 1 atom stereocenters. The molecule has 1 aromatic heterocycles. The monoisotopic (exact) mass is 350 g/mol. The van der Waals surface area contributed by atoms with Crippen LogP contribution in [-0.2, 0) is 4.79 Å². The Kier molecular flexibility index (Phi) is 4.34. The first-order valence-corrected chi connectivity index (χ1v) is 8.81. The molecule has 4 rings (SSSR count).